The maximum absolute atomic E-state index is 10.2. The van der Waals surface area contributed by atoms with Crippen LogP contribution in [0.5, 0.6) is 0 Å². The average Bonchev–Trinajstić information content (AvgIpc) is 2.87. The number of aliphatic hydroxyl groups excluding tert-OH is 1. The standard InChI is InChI=1S/C12H15BrN2OS/c1-3-4-15-7-9(6-14-15)11(16)10-5-8(2)12(13)17-10/h5-7,11,16H,3-4H2,1-2H3. The minimum atomic E-state index is -0.574. The van der Waals surface area contributed by atoms with Gasteiger partial charge in [0.1, 0.15) is 6.10 Å². The maximum Gasteiger partial charge on any atom is 0.116 e. The highest BCUT2D eigenvalue weighted by Crippen LogP contribution is 2.34. The lowest BCUT2D eigenvalue weighted by atomic mass is 10.1. The van der Waals surface area contributed by atoms with Crippen molar-refractivity contribution in [1.82, 2.24) is 9.78 Å². The molecular weight excluding hydrogens is 300 g/mol. The summed E-state index contributed by atoms with van der Waals surface area (Å²) in [6.45, 7) is 5.02. The number of halogens is 1. The predicted molar refractivity (Wildman–Crippen MR) is 73.3 cm³/mol. The summed E-state index contributed by atoms with van der Waals surface area (Å²) in [6, 6.07) is 2.01. The second-order valence-corrected chi connectivity index (χ2v) is 6.45. The SMILES string of the molecule is CCCn1cc(C(O)c2cc(C)c(Br)s2)cn1. The van der Waals surface area contributed by atoms with E-state index in [4.69, 9.17) is 0 Å². The smallest absolute Gasteiger partial charge is 0.116 e. The van der Waals surface area contributed by atoms with E-state index >= 15 is 0 Å². The fraction of sp³-hybridized carbons (Fsp3) is 0.417. The molecule has 0 spiro atoms. The van der Waals surface area contributed by atoms with Crippen molar-refractivity contribution in [2.24, 2.45) is 0 Å². The Morgan fingerprint density at radius 1 is 1.59 bits per heavy atom. The molecule has 2 aromatic heterocycles. The Kier molecular flexibility index (Phi) is 4.01. The average molecular weight is 315 g/mol. The molecule has 0 saturated heterocycles. The lowest BCUT2D eigenvalue weighted by Gasteiger charge is -2.04. The quantitative estimate of drug-likeness (QED) is 0.937. The van der Waals surface area contributed by atoms with Gasteiger partial charge in [0.05, 0.1) is 9.98 Å². The third-order valence-corrected chi connectivity index (χ3v) is 4.76. The highest BCUT2D eigenvalue weighted by atomic mass is 79.9. The summed E-state index contributed by atoms with van der Waals surface area (Å²) in [5, 5.41) is 14.5. The highest BCUT2D eigenvalue weighted by molar-refractivity contribution is 9.11. The zero-order valence-electron chi connectivity index (χ0n) is 9.85. The van der Waals surface area contributed by atoms with Crippen molar-refractivity contribution in [1.29, 1.82) is 0 Å². The van der Waals surface area contributed by atoms with E-state index in [1.807, 2.05) is 23.9 Å². The van der Waals surface area contributed by atoms with Crippen LogP contribution in [0, 0.1) is 6.92 Å². The molecule has 0 amide bonds. The molecule has 0 aliphatic heterocycles. The Morgan fingerprint density at radius 3 is 2.94 bits per heavy atom. The van der Waals surface area contributed by atoms with Gasteiger partial charge in [0.25, 0.3) is 0 Å². The fourth-order valence-corrected chi connectivity index (χ4v) is 3.24. The molecule has 2 aromatic rings. The van der Waals surface area contributed by atoms with Crippen LogP contribution >= 0.6 is 27.3 Å². The molecule has 1 atom stereocenters. The summed E-state index contributed by atoms with van der Waals surface area (Å²) in [7, 11) is 0. The van der Waals surface area contributed by atoms with Gasteiger partial charge in [-0.2, -0.15) is 5.10 Å². The first-order valence-corrected chi connectivity index (χ1v) is 7.19. The van der Waals surface area contributed by atoms with Crippen molar-refractivity contribution in [3.05, 3.63) is 38.3 Å². The van der Waals surface area contributed by atoms with Crippen LogP contribution in [0.15, 0.2) is 22.2 Å². The van der Waals surface area contributed by atoms with E-state index in [2.05, 4.69) is 28.0 Å². The number of thiophene rings is 1. The number of aromatic nitrogens is 2. The van der Waals surface area contributed by atoms with Crippen LogP contribution < -0.4 is 0 Å². The monoisotopic (exact) mass is 314 g/mol. The van der Waals surface area contributed by atoms with Crippen molar-refractivity contribution < 1.29 is 5.11 Å². The molecule has 17 heavy (non-hydrogen) atoms. The first kappa shape index (κ1) is 12.8. The Hall–Kier alpha value is -0.650. The van der Waals surface area contributed by atoms with Crippen molar-refractivity contribution in [2.75, 3.05) is 0 Å². The molecule has 1 N–H and O–H groups in total. The normalized spacial score (nSPS) is 12.9. The molecule has 0 radical (unpaired) electrons. The molecule has 0 fully saturated rings. The number of hydrogen-bond acceptors (Lipinski definition) is 3. The van der Waals surface area contributed by atoms with Crippen LogP contribution in [0.4, 0.5) is 0 Å². The topological polar surface area (TPSA) is 38.0 Å². The molecule has 0 saturated carbocycles. The fourth-order valence-electron chi connectivity index (χ4n) is 1.65. The lowest BCUT2D eigenvalue weighted by Crippen LogP contribution is -1.97. The predicted octanol–water partition coefficient (Wildman–Crippen LogP) is 3.51. The third kappa shape index (κ3) is 2.78. The molecule has 92 valence electrons. The largest absolute Gasteiger partial charge is 0.383 e. The Balaban J connectivity index is 2.20. The molecule has 0 aliphatic carbocycles. The van der Waals surface area contributed by atoms with Crippen molar-refractivity contribution in [3.63, 3.8) is 0 Å². The molecule has 1 unspecified atom stereocenters. The Labute approximate surface area is 113 Å². The second kappa shape index (κ2) is 5.33. The lowest BCUT2D eigenvalue weighted by molar-refractivity contribution is 0.224. The zero-order chi connectivity index (χ0) is 12.4. The van der Waals surface area contributed by atoms with Gasteiger partial charge in [-0.05, 0) is 40.9 Å². The van der Waals surface area contributed by atoms with Gasteiger partial charge in [0.15, 0.2) is 0 Å². The van der Waals surface area contributed by atoms with Crippen LogP contribution in [0.3, 0.4) is 0 Å². The molecule has 3 nitrogen and oxygen atoms in total. The van der Waals surface area contributed by atoms with Gasteiger partial charge in [0.2, 0.25) is 0 Å². The number of hydrogen-bond donors (Lipinski definition) is 1. The number of aryl methyl sites for hydroxylation is 2. The van der Waals surface area contributed by atoms with E-state index in [1.54, 1.807) is 17.5 Å². The van der Waals surface area contributed by atoms with Crippen molar-refractivity contribution >= 4 is 27.3 Å². The summed E-state index contributed by atoms with van der Waals surface area (Å²) in [4.78, 5) is 0.949. The van der Waals surface area contributed by atoms with E-state index in [1.165, 1.54) is 0 Å². The van der Waals surface area contributed by atoms with Gasteiger partial charge in [-0.25, -0.2) is 0 Å². The zero-order valence-corrected chi connectivity index (χ0v) is 12.3. The molecule has 2 heterocycles. The molecule has 0 aliphatic rings. The minimum Gasteiger partial charge on any atom is -0.383 e. The van der Waals surface area contributed by atoms with E-state index in [9.17, 15) is 5.11 Å². The number of rotatable bonds is 4. The summed E-state index contributed by atoms with van der Waals surface area (Å²) in [6.07, 6.45) is 4.12. The molecule has 0 aromatic carbocycles. The van der Waals surface area contributed by atoms with E-state index in [0.29, 0.717) is 0 Å². The summed E-state index contributed by atoms with van der Waals surface area (Å²) in [5.74, 6) is 0. The van der Waals surface area contributed by atoms with Crippen LogP contribution in [0.1, 0.15) is 35.5 Å². The Morgan fingerprint density at radius 2 is 2.35 bits per heavy atom. The maximum atomic E-state index is 10.2. The van der Waals surface area contributed by atoms with E-state index in [0.717, 1.165) is 32.8 Å². The molecule has 0 bridgehead atoms. The van der Waals surface area contributed by atoms with Gasteiger partial charge in [-0.1, -0.05) is 6.92 Å². The van der Waals surface area contributed by atoms with E-state index in [-0.39, 0.29) is 0 Å². The van der Waals surface area contributed by atoms with E-state index < -0.39 is 6.10 Å². The highest BCUT2D eigenvalue weighted by Gasteiger charge is 2.16. The van der Waals surface area contributed by atoms with Gasteiger partial charge >= 0.3 is 0 Å². The van der Waals surface area contributed by atoms with Crippen molar-refractivity contribution in [3.8, 4) is 0 Å². The number of nitrogens with zero attached hydrogens (tertiary/aromatic N) is 2. The van der Waals surface area contributed by atoms with Crippen LogP contribution in [0.25, 0.3) is 0 Å². The molecular formula is C12H15BrN2OS. The van der Waals surface area contributed by atoms with Crippen molar-refractivity contribution in [2.45, 2.75) is 32.9 Å². The molecule has 5 heteroatoms. The first-order valence-electron chi connectivity index (χ1n) is 5.58. The molecule has 2 rings (SSSR count). The summed E-state index contributed by atoms with van der Waals surface area (Å²) in [5.41, 5.74) is 2.01. The minimum absolute atomic E-state index is 0.574. The van der Waals surface area contributed by atoms with Crippen LogP contribution in [-0.4, -0.2) is 14.9 Å². The second-order valence-electron chi connectivity index (χ2n) is 4.04. The number of aliphatic hydroxyl groups is 1. The van der Waals surface area contributed by atoms with Crippen LogP contribution in [-0.2, 0) is 6.54 Å². The van der Waals surface area contributed by atoms with Gasteiger partial charge in [0, 0.05) is 23.2 Å². The Bertz CT molecular complexity index is 487. The van der Waals surface area contributed by atoms with Gasteiger partial charge in [-0.3, -0.25) is 4.68 Å². The van der Waals surface area contributed by atoms with Crippen LogP contribution in [0.2, 0.25) is 0 Å². The summed E-state index contributed by atoms with van der Waals surface area (Å²) >= 11 is 5.04. The van der Waals surface area contributed by atoms with Gasteiger partial charge in [-0.15, -0.1) is 11.3 Å². The first-order chi connectivity index (χ1) is 8.11. The summed E-state index contributed by atoms with van der Waals surface area (Å²) < 4.78 is 2.95. The van der Waals surface area contributed by atoms with Gasteiger partial charge < -0.3 is 5.11 Å². The third-order valence-electron chi connectivity index (χ3n) is 2.57.